The van der Waals surface area contributed by atoms with Gasteiger partial charge in [-0.25, -0.2) is 0 Å². The van der Waals surface area contributed by atoms with Crippen LogP contribution >= 0.6 is 0 Å². The van der Waals surface area contributed by atoms with Crippen LogP contribution in [0.15, 0.2) is 0 Å². The van der Waals surface area contributed by atoms with E-state index in [0.29, 0.717) is 0 Å². The van der Waals surface area contributed by atoms with Gasteiger partial charge in [0.1, 0.15) is 0 Å². The van der Waals surface area contributed by atoms with Crippen LogP contribution in [0.4, 0.5) is 0 Å². The van der Waals surface area contributed by atoms with Gasteiger partial charge in [-0.05, 0) is 6.42 Å². The van der Waals surface area contributed by atoms with Gasteiger partial charge in [0.05, 0.1) is 0 Å². The largest absolute Gasteiger partial charge is 1.00 e. The van der Waals surface area contributed by atoms with Crippen molar-refractivity contribution in [3.05, 3.63) is 0 Å². The van der Waals surface area contributed by atoms with Gasteiger partial charge in [-0.15, -0.1) is 0 Å². The summed E-state index contributed by atoms with van der Waals surface area (Å²) in [5.74, 6) is -0.479. The monoisotopic (exact) mass is 464 g/mol. The minimum atomic E-state index is -0.414. The smallest absolute Gasteiger partial charge is 1.00 e. The molecule has 3 N–H and O–H groups in total. The summed E-state index contributed by atoms with van der Waals surface area (Å²) in [6, 6.07) is 0. The van der Waals surface area contributed by atoms with Crippen LogP contribution in [0.3, 0.4) is 0 Å². The molecule has 0 fully saturated rings. The first-order valence-corrected chi connectivity index (χ1v) is 11.2. The van der Waals surface area contributed by atoms with Crippen molar-refractivity contribution in [3.63, 3.8) is 0 Å². The molecule has 162 valence electrons. The number of nitrogens with two attached hydrogens (primary N) is 1. The van der Waals surface area contributed by atoms with Crippen molar-refractivity contribution in [1.82, 2.24) is 5.32 Å². The Balaban J connectivity index is -0.000000112. The van der Waals surface area contributed by atoms with Gasteiger partial charge in [-0.2, -0.15) is 0 Å². The Morgan fingerprint density at radius 2 is 0.933 bits per heavy atom. The number of hydrogen-bond donors (Lipinski definition) is 2. The Bertz CT molecular complexity index is 367. The van der Waals surface area contributed by atoms with E-state index in [-0.39, 0.29) is 143 Å². The zero-order chi connectivity index (χ0) is 19.3. The van der Waals surface area contributed by atoms with Gasteiger partial charge < -0.3 is 16.8 Å². The molecule has 0 radical (unpaired) electrons. The molecule has 0 unspecified atom stereocenters. The molecule has 0 saturated heterocycles. The fourth-order valence-corrected chi connectivity index (χ4v) is 3.23. The summed E-state index contributed by atoms with van der Waals surface area (Å²) in [6.45, 7) is 2.99. The van der Waals surface area contributed by atoms with Crippen molar-refractivity contribution < 1.29 is 134 Å². The minimum absolute atomic E-state index is 0. The summed E-state index contributed by atoms with van der Waals surface area (Å²) in [6.07, 6.45) is 22.0. The minimum Gasteiger partial charge on any atom is -1.00 e. The Kier molecular flexibility index (Phi) is 52.4. The van der Waals surface area contributed by atoms with E-state index >= 15 is 0 Å². The predicted octanol–water partition coefficient (Wildman–Crippen LogP) is -5.90. The van der Waals surface area contributed by atoms with Crippen LogP contribution < -0.4 is 129 Å². The number of rotatable bonds is 20. The van der Waals surface area contributed by atoms with E-state index in [4.69, 9.17) is 5.73 Å². The van der Waals surface area contributed by atoms with Crippen molar-refractivity contribution in [2.75, 3.05) is 6.54 Å². The third kappa shape index (κ3) is 38.2. The molecular formula is C22H48N2Na4O2. The first-order chi connectivity index (χ1) is 12.7. The molecule has 0 saturated carbocycles. The number of nitrogens with one attached hydrogen (secondary N) is 1. The van der Waals surface area contributed by atoms with E-state index in [1.165, 1.54) is 96.3 Å². The molecule has 30 heavy (non-hydrogen) atoms. The van der Waals surface area contributed by atoms with Gasteiger partial charge >= 0.3 is 118 Å². The molecule has 0 aliphatic carbocycles. The fourth-order valence-electron chi connectivity index (χ4n) is 3.23. The summed E-state index contributed by atoms with van der Waals surface area (Å²) in [5, 5.41) is 2.84. The van der Waals surface area contributed by atoms with E-state index < -0.39 is 5.91 Å². The number of hydrogen-bond acceptors (Lipinski definition) is 2. The first kappa shape index (κ1) is 43.0. The average Bonchev–Trinajstić information content (AvgIpc) is 2.62. The van der Waals surface area contributed by atoms with Gasteiger partial charge in [0, 0.05) is 19.4 Å². The summed E-state index contributed by atoms with van der Waals surface area (Å²) in [4.78, 5) is 22.0. The molecule has 0 spiro atoms. The van der Waals surface area contributed by atoms with E-state index in [2.05, 4.69) is 12.2 Å². The normalized spacial score (nSPS) is 9.37. The van der Waals surface area contributed by atoms with Crippen LogP contribution in [-0.4, -0.2) is 18.4 Å². The molecule has 4 nitrogen and oxygen atoms in total. The third-order valence-electron chi connectivity index (χ3n) is 4.95. The number of carbonyl (C=O) groups excluding carboxylic acids is 2. The number of primary amides is 1. The standard InChI is InChI=1S/C22H44N2O2.4Na.4H/c1-2-3-4-5-6-7-8-9-10-11-12-13-14-15-16-17-20-24-22(26)19-18-21(23)25;;;;;;;;/h2-20H2,1H3,(H2,23,25)(H,24,26);;;;;;;;/q;4*+1;4*-1. The molecular weight excluding hydrogens is 416 g/mol. The van der Waals surface area contributed by atoms with Gasteiger partial charge in [0.25, 0.3) is 0 Å². The number of unbranched alkanes of at least 4 members (excludes halogenated alkanes) is 15. The summed E-state index contributed by atoms with van der Waals surface area (Å²) in [5.41, 5.74) is 5.02. The number of carbonyl (C=O) groups is 2. The van der Waals surface area contributed by atoms with Gasteiger partial charge in [-0.3, -0.25) is 9.59 Å². The maximum absolute atomic E-state index is 11.4. The van der Waals surface area contributed by atoms with Crippen LogP contribution in [0.25, 0.3) is 0 Å². The van der Waals surface area contributed by atoms with Gasteiger partial charge in [-0.1, -0.05) is 103 Å². The van der Waals surface area contributed by atoms with Crippen molar-refractivity contribution in [2.45, 2.75) is 122 Å². The molecule has 0 rings (SSSR count). The molecule has 0 aromatic carbocycles. The van der Waals surface area contributed by atoms with E-state index in [1.54, 1.807) is 0 Å². The second-order valence-electron chi connectivity index (χ2n) is 7.62. The molecule has 0 aliphatic heterocycles. The van der Waals surface area contributed by atoms with E-state index in [1.807, 2.05) is 0 Å². The predicted molar refractivity (Wildman–Crippen MR) is 115 cm³/mol. The third-order valence-corrected chi connectivity index (χ3v) is 4.95. The molecule has 0 atom stereocenters. The van der Waals surface area contributed by atoms with Crippen molar-refractivity contribution in [2.24, 2.45) is 5.73 Å². The van der Waals surface area contributed by atoms with Gasteiger partial charge in [0.2, 0.25) is 11.8 Å². The Labute approximate surface area is 281 Å². The second-order valence-corrected chi connectivity index (χ2v) is 7.62. The van der Waals surface area contributed by atoms with Crippen molar-refractivity contribution >= 4 is 11.8 Å². The second kappa shape index (κ2) is 36.5. The number of amides is 2. The topological polar surface area (TPSA) is 72.2 Å². The zero-order valence-electron chi connectivity index (χ0n) is 25.3. The molecule has 0 aromatic rings. The van der Waals surface area contributed by atoms with Gasteiger partial charge in [0.15, 0.2) is 0 Å². The van der Waals surface area contributed by atoms with Crippen molar-refractivity contribution in [1.29, 1.82) is 0 Å². The Morgan fingerprint density at radius 3 is 1.27 bits per heavy atom. The maximum atomic E-state index is 11.4. The van der Waals surface area contributed by atoms with Crippen LogP contribution in [0, 0.1) is 0 Å². The molecule has 0 heterocycles. The van der Waals surface area contributed by atoms with Crippen LogP contribution in [0.1, 0.15) is 128 Å². The molecule has 0 bridgehead atoms. The SMILES string of the molecule is CCCCCCCCCCCCCCCCCCNC(=O)CCC(N)=O.[H-].[H-].[H-].[H-].[Na+].[Na+].[Na+].[Na+]. The molecule has 8 heteroatoms. The van der Waals surface area contributed by atoms with Crippen LogP contribution in [-0.2, 0) is 9.59 Å². The quantitative estimate of drug-likeness (QED) is 0.139. The molecule has 0 aromatic heterocycles. The summed E-state index contributed by atoms with van der Waals surface area (Å²) in [7, 11) is 0. The van der Waals surface area contributed by atoms with Crippen LogP contribution in [0.5, 0.6) is 0 Å². The van der Waals surface area contributed by atoms with E-state index in [0.717, 1.165) is 13.0 Å². The molecule has 0 aliphatic rings. The van der Waals surface area contributed by atoms with E-state index in [9.17, 15) is 9.59 Å². The summed E-state index contributed by atoms with van der Waals surface area (Å²) >= 11 is 0. The average molecular weight is 465 g/mol. The van der Waals surface area contributed by atoms with Crippen molar-refractivity contribution in [3.8, 4) is 0 Å². The van der Waals surface area contributed by atoms with Crippen LogP contribution in [0.2, 0.25) is 0 Å². The Hall–Kier alpha value is 2.94. The zero-order valence-corrected chi connectivity index (χ0v) is 29.3. The Morgan fingerprint density at radius 1 is 0.600 bits per heavy atom. The summed E-state index contributed by atoms with van der Waals surface area (Å²) < 4.78 is 0. The fraction of sp³-hybridized carbons (Fsp3) is 0.909. The first-order valence-electron chi connectivity index (χ1n) is 11.2. The molecule has 2 amide bonds. The maximum Gasteiger partial charge on any atom is 1.00 e.